The first-order valence-electron chi connectivity index (χ1n) is 8.75. The molecule has 2 aromatic rings. The first-order valence-corrected chi connectivity index (χ1v) is 10.6. The highest BCUT2D eigenvalue weighted by Crippen LogP contribution is 2.33. The second-order valence-corrected chi connectivity index (χ2v) is 8.26. The number of nitrogens with one attached hydrogen (secondary N) is 1. The van der Waals surface area contributed by atoms with Gasteiger partial charge in [0.1, 0.15) is 18.4 Å². The highest BCUT2D eigenvalue weighted by molar-refractivity contribution is 7.92. The van der Waals surface area contributed by atoms with Gasteiger partial charge in [-0.1, -0.05) is 18.7 Å². The number of hydrogen-bond donors (Lipinski definition) is 1. The Morgan fingerprint density at radius 2 is 1.87 bits per heavy atom. The summed E-state index contributed by atoms with van der Waals surface area (Å²) in [5.74, 6) is -0.166. The van der Waals surface area contributed by atoms with Gasteiger partial charge in [0.25, 0.3) is 0 Å². The van der Waals surface area contributed by atoms with E-state index in [0.717, 1.165) is 18.4 Å². The summed E-state index contributed by atoms with van der Waals surface area (Å²) < 4.78 is 69.6. The normalized spacial score (nSPS) is 12.7. The van der Waals surface area contributed by atoms with E-state index in [1.807, 2.05) is 0 Å². The predicted molar refractivity (Wildman–Crippen MR) is 109 cm³/mol. The molecule has 30 heavy (non-hydrogen) atoms. The molecular weight excluding hydrogens is 421 g/mol. The smallest absolute Gasteiger partial charge is 0.416 e. The van der Waals surface area contributed by atoms with Gasteiger partial charge in [0.15, 0.2) is 0 Å². The molecule has 0 aliphatic carbocycles. The minimum Gasteiger partial charge on any atom is -0.490 e. The van der Waals surface area contributed by atoms with Gasteiger partial charge in [-0.2, -0.15) is 13.2 Å². The van der Waals surface area contributed by atoms with E-state index >= 15 is 0 Å². The maximum Gasteiger partial charge on any atom is 0.416 e. The first kappa shape index (κ1) is 23.3. The van der Waals surface area contributed by atoms with Crippen LogP contribution in [0.1, 0.15) is 12.5 Å². The van der Waals surface area contributed by atoms with Crippen molar-refractivity contribution in [3.05, 3.63) is 66.7 Å². The third kappa shape index (κ3) is 5.99. The molecule has 1 amide bonds. The summed E-state index contributed by atoms with van der Waals surface area (Å²) in [5, 5.41) is 2.55. The molecule has 0 aromatic heterocycles. The Morgan fingerprint density at radius 3 is 2.40 bits per heavy atom. The molecule has 0 aliphatic rings. The van der Waals surface area contributed by atoms with E-state index in [1.165, 1.54) is 13.0 Å². The number of benzene rings is 2. The van der Waals surface area contributed by atoms with Crippen LogP contribution in [-0.4, -0.2) is 33.2 Å². The van der Waals surface area contributed by atoms with Gasteiger partial charge in [-0.3, -0.25) is 9.10 Å². The lowest BCUT2D eigenvalue weighted by Gasteiger charge is -2.28. The molecule has 2 aromatic carbocycles. The molecule has 10 heteroatoms. The van der Waals surface area contributed by atoms with Crippen LogP contribution in [-0.2, 0) is 21.0 Å². The molecular formula is C20H21F3N2O4S. The molecule has 1 unspecified atom stereocenters. The van der Waals surface area contributed by atoms with Crippen LogP contribution in [0.25, 0.3) is 0 Å². The van der Waals surface area contributed by atoms with E-state index in [9.17, 15) is 26.4 Å². The number of halogens is 3. The monoisotopic (exact) mass is 442 g/mol. The Balaban J connectivity index is 2.26. The summed E-state index contributed by atoms with van der Waals surface area (Å²) in [4.78, 5) is 12.6. The second-order valence-electron chi connectivity index (χ2n) is 6.40. The van der Waals surface area contributed by atoms with Gasteiger partial charge in [-0.25, -0.2) is 8.42 Å². The first-order chi connectivity index (χ1) is 13.9. The van der Waals surface area contributed by atoms with E-state index in [1.54, 1.807) is 30.3 Å². The molecule has 0 aliphatic heterocycles. The standard InChI is InChI=1S/C20H21F3N2O4S/c1-4-12-29-18-10-8-16(9-11-18)24-19(26)14(2)25(30(3,27)28)17-7-5-6-15(13-17)20(21,22)23/h4-11,13-14H,1,12H2,2-3H3,(H,24,26). The minimum absolute atomic E-state index is 0.261. The Hall–Kier alpha value is -3.01. The number of alkyl halides is 3. The summed E-state index contributed by atoms with van der Waals surface area (Å²) in [6.45, 7) is 5.13. The van der Waals surface area contributed by atoms with E-state index in [2.05, 4.69) is 11.9 Å². The molecule has 1 N–H and O–H groups in total. The second kappa shape index (κ2) is 9.21. The number of ether oxygens (including phenoxy) is 1. The lowest BCUT2D eigenvalue weighted by Crippen LogP contribution is -2.45. The lowest BCUT2D eigenvalue weighted by molar-refractivity contribution is -0.137. The van der Waals surface area contributed by atoms with Crippen LogP contribution in [0, 0.1) is 0 Å². The van der Waals surface area contributed by atoms with Crippen molar-refractivity contribution in [2.45, 2.75) is 19.1 Å². The molecule has 6 nitrogen and oxygen atoms in total. The zero-order valence-electron chi connectivity index (χ0n) is 16.3. The number of amides is 1. The van der Waals surface area contributed by atoms with Crippen LogP contribution >= 0.6 is 0 Å². The predicted octanol–water partition coefficient (Wildman–Crippen LogP) is 4.06. The maximum atomic E-state index is 13.0. The molecule has 0 radical (unpaired) electrons. The number of hydrogen-bond acceptors (Lipinski definition) is 4. The molecule has 162 valence electrons. The van der Waals surface area contributed by atoms with Gasteiger partial charge < -0.3 is 10.1 Å². The summed E-state index contributed by atoms with van der Waals surface area (Å²) in [6.07, 6.45) is -2.26. The molecule has 0 spiro atoms. The summed E-state index contributed by atoms with van der Waals surface area (Å²) >= 11 is 0. The Labute approximate surface area is 173 Å². The van der Waals surface area contributed by atoms with Gasteiger partial charge >= 0.3 is 6.18 Å². The molecule has 2 rings (SSSR count). The Bertz CT molecular complexity index is 1010. The average molecular weight is 442 g/mol. The van der Waals surface area contributed by atoms with Crippen LogP contribution in [0.2, 0.25) is 0 Å². The number of rotatable bonds is 8. The van der Waals surface area contributed by atoms with Crippen molar-refractivity contribution in [3.63, 3.8) is 0 Å². The number of nitrogens with zero attached hydrogens (tertiary/aromatic N) is 1. The highest BCUT2D eigenvalue weighted by Gasteiger charge is 2.34. The van der Waals surface area contributed by atoms with Crippen LogP contribution in [0.15, 0.2) is 61.2 Å². The summed E-state index contributed by atoms with van der Waals surface area (Å²) in [6, 6.07) is 8.81. The van der Waals surface area contributed by atoms with Crippen molar-refractivity contribution in [1.29, 1.82) is 0 Å². The fraction of sp³-hybridized carbons (Fsp3) is 0.250. The fourth-order valence-electron chi connectivity index (χ4n) is 2.66. The van der Waals surface area contributed by atoms with E-state index in [-0.39, 0.29) is 5.69 Å². The fourth-order valence-corrected chi connectivity index (χ4v) is 3.83. The number of anilines is 2. The Morgan fingerprint density at radius 1 is 1.23 bits per heavy atom. The van der Waals surface area contributed by atoms with Crippen molar-refractivity contribution < 1.29 is 31.1 Å². The van der Waals surface area contributed by atoms with E-state index in [4.69, 9.17) is 4.74 Å². The van der Waals surface area contributed by atoms with Gasteiger partial charge in [0.2, 0.25) is 15.9 Å². The quantitative estimate of drug-likeness (QED) is 0.626. The SMILES string of the molecule is C=CCOc1ccc(NC(=O)C(C)N(c2cccc(C(F)(F)F)c2)S(C)(=O)=O)cc1. The summed E-state index contributed by atoms with van der Waals surface area (Å²) in [5.41, 5.74) is -0.908. The number of carbonyl (C=O) groups is 1. The zero-order chi connectivity index (χ0) is 22.5. The van der Waals surface area contributed by atoms with Gasteiger partial charge in [-0.05, 0) is 49.4 Å². The average Bonchev–Trinajstić information content (AvgIpc) is 2.66. The maximum absolute atomic E-state index is 13.0. The summed E-state index contributed by atoms with van der Waals surface area (Å²) in [7, 11) is -4.06. The zero-order valence-corrected chi connectivity index (χ0v) is 17.1. The van der Waals surface area contributed by atoms with E-state index < -0.39 is 33.7 Å². The van der Waals surface area contributed by atoms with Gasteiger partial charge in [0, 0.05) is 5.69 Å². The molecule has 0 saturated heterocycles. The van der Waals surface area contributed by atoms with Crippen LogP contribution < -0.4 is 14.4 Å². The third-order valence-corrected chi connectivity index (χ3v) is 5.25. The molecule has 0 bridgehead atoms. The number of carbonyl (C=O) groups excluding carboxylic acids is 1. The molecule has 1 atom stereocenters. The van der Waals surface area contributed by atoms with Crippen molar-refractivity contribution >= 4 is 27.3 Å². The Kier molecular flexibility index (Phi) is 7.14. The van der Waals surface area contributed by atoms with Crippen molar-refractivity contribution in [1.82, 2.24) is 0 Å². The van der Waals surface area contributed by atoms with E-state index in [0.29, 0.717) is 28.4 Å². The van der Waals surface area contributed by atoms with Crippen LogP contribution in [0.3, 0.4) is 0 Å². The molecule has 0 fully saturated rings. The van der Waals surface area contributed by atoms with Crippen molar-refractivity contribution in [2.24, 2.45) is 0 Å². The van der Waals surface area contributed by atoms with Crippen molar-refractivity contribution in [3.8, 4) is 5.75 Å². The topological polar surface area (TPSA) is 75.7 Å². The largest absolute Gasteiger partial charge is 0.490 e. The molecule has 0 heterocycles. The minimum atomic E-state index is -4.65. The van der Waals surface area contributed by atoms with Gasteiger partial charge in [0.05, 0.1) is 17.5 Å². The van der Waals surface area contributed by atoms with Crippen LogP contribution in [0.4, 0.5) is 24.5 Å². The van der Waals surface area contributed by atoms with Gasteiger partial charge in [-0.15, -0.1) is 0 Å². The third-order valence-electron chi connectivity index (χ3n) is 4.01. The van der Waals surface area contributed by atoms with Crippen LogP contribution in [0.5, 0.6) is 5.75 Å². The highest BCUT2D eigenvalue weighted by atomic mass is 32.2. The van der Waals surface area contributed by atoms with Crippen molar-refractivity contribution in [2.75, 3.05) is 22.5 Å². The molecule has 0 saturated carbocycles. The lowest BCUT2D eigenvalue weighted by atomic mass is 10.1. The number of sulfonamides is 1.